The van der Waals surface area contributed by atoms with E-state index >= 15 is 0 Å². The van der Waals surface area contributed by atoms with Crippen LogP contribution >= 0.6 is 0 Å². The summed E-state index contributed by atoms with van der Waals surface area (Å²) < 4.78 is 0. The zero-order chi connectivity index (χ0) is 14.5. The van der Waals surface area contributed by atoms with Crippen molar-refractivity contribution in [2.75, 3.05) is 18.0 Å². The lowest BCUT2D eigenvalue weighted by Gasteiger charge is -2.27. The van der Waals surface area contributed by atoms with Crippen molar-refractivity contribution in [3.05, 3.63) is 28.4 Å². The molecule has 106 valence electrons. The van der Waals surface area contributed by atoms with Crippen LogP contribution < -0.4 is 4.90 Å². The molecule has 0 bridgehead atoms. The molecule has 0 aliphatic rings. The molecule has 0 fully saturated rings. The van der Waals surface area contributed by atoms with Gasteiger partial charge in [0.1, 0.15) is 0 Å². The van der Waals surface area contributed by atoms with E-state index in [0.717, 1.165) is 25.9 Å². The van der Waals surface area contributed by atoms with E-state index in [4.69, 9.17) is 0 Å². The fourth-order valence-electron chi connectivity index (χ4n) is 1.84. The summed E-state index contributed by atoms with van der Waals surface area (Å²) in [7, 11) is 0. The third-order valence-electron chi connectivity index (χ3n) is 2.89. The van der Waals surface area contributed by atoms with Gasteiger partial charge in [-0.1, -0.05) is 27.7 Å². The summed E-state index contributed by atoms with van der Waals surface area (Å²) in [6.07, 6.45) is 3.53. The van der Waals surface area contributed by atoms with E-state index in [1.807, 2.05) is 4.90 Å². The second-order valence-corrected chi connectivity index (χ2v) is 5.90. The van der Waals surface area contributed by atoms with E-state index in [0.29, 0.717) is 5.82 Å². The van der Waals surface area contributed by atoms with Gasteiger partial charge in [-0.15, -0.1) is 0 Å². The molecule has 0 saturated carbocycles. The van der Waals surface area contributed by atoms with Crippen molar-refractivity contribution < 1.29 is 4.92 Å². The molecule has 1 rings (SSSR count). The maximum Gasteiger partial charge on any atom is 0.311 e. The third kappa shape index (κ3) is 4.85. The van der Waals surface area contributed by atoms with E-state index in [1.165, 1.54) is 6.07 Å². The zero-order valence-corrected chi connectivity index (χ0v) is 12.2. The Bertz CT molecular complexity index is 427. The molecule has 1 aromatic heterocycles. The summed E-state index contributed by atoms with van der Waals surface area (Å²) in [5, 5.41) is 11.1. The van der Waals surface area contributed by atoms with Crippen molar-refractivity contribution in [2.24, 2.45) is 5.41 Å². The summed E-state index contributed by atoms with van der Waals surface area (Å²) in [4.78, 5) is 16.9. The first-order valence-electron chi connectivity index (χ1n) is 6.69. The Hall–Kier alpha value is -1.65. The number of hydrogen-bond acceptors (Lipinski definition) is 4. The molecule has 19 heavy (non-hydrogen) atoms. The quantitative estimate of drug-likeness (QED) is 0.582. The van der Waals surface area contributed by atoms with Crippen molar-refractivity contribution in [1.82, 2.24) is 4.98 Å². The molecule has 0 saturated heterocycles. The average molecular weight is 265 g/mol. The van der Waals surface area contributed by atoms with Crippen LogP contribution in [-0.2, 0) is 0 Å². The highest BCUT2D eigenvalue weighted by Crippen LogP contribution is 2.27. The second kappa shape index (κ2) is 6.50. The third-order valence-corrected chi connectivity index (χ3v) is 2.89. The van der Waals surface area contributed by atoms with Crippen LogP contribution in [0.25, 0.3) is 0 Å². The Balaban J connectivity index is 2.95. The molecule has 0 radical (unpaired) electrons. The first-order chi connectivity index (χ1) is 8.85. The normalized spacial score (nSPS) is 11.4. The lowest BCUT2D eigenvalue weighted by molar-refractivity contribution is -0.384. The highest BCUT2D eigenvalue weighted by Gasteiger charge is 2.21. The Morgan fingerprint density at radius 3 is 2.58 bits per heavy atom. The number of pyridine rings is 1. The largest absolute Gasteiger partial charge is 0.351 e. The van der Waals surface area contributed by atoms with Gasteiger partial charge in [-0.05, 0) is 24.3 Å². The molecule has 0 N–H and O–H groups in total. The van der Waals surface area contributed by atoms with Crippen LogP contribution in [0, 0.1) is 15.5 Å². The predicted molar refractivity (Wildman–Crippen MR) is 77.5 cm³/mol. The van der Waals surface area contributed by atoms with Crippen LogP contribution in [0.15, 0.2) is 18.3 Å². The first-order valence-corrected chi connectivity index (χ1v) is 6.69. The van der Waals surface area contributed by atoms with Crippen LogP contribution in [0.2, 0.25) is 0 Å². The lowest BCUT2D eigenvalue weighted by atomic mass is 9.92. The van der Waals surface area contributed by atoms with Crippen molar-refractivity contribution in [3.8, 4) is 0 Å². The summed E-state index contributed by atoms with van der Waals surface area (Å²) in [5.74, 6) is 0.485. The predicted octanol–water partition coefficient (Wildman–Crippen LogP) is 3.64. The molecule has 0 aliphatic heterocycles. The van der Waals surface area contributed by atoms with Crippen molar-refractivity contribution >= 4 is 11.5 Å². The van der Waals surface area contributed by atoms with Crippen molar-refractivity contribution in [2.45, 2.75) is 40.5 Å². The minimum absolute atomic E-state index is 0.0878. The molecule has 5 nitrogen and oxygen atoms in total. The summed E-state index contributed by atoms with van der Waals surface area (Å²) in [6.45, 7) is 10.2. The minimum atomic E-state index is -0.359. The average Bonchev–Trinajstić information content (AvgIpc) is 2.33. The second-order valence-electron chi connectivity index (χ2n) is 5.90. The van der Waals surface area contributed by atoms with Gasteiger partial charge in [0.25, 0.3) is 0 Å². The van der Waals surface area contributed by atoms with Crippen LogP contribution in [0.4, 0.5) is 11.5 Å². The Morgan fingerprint density at radius 1 is 1.37 bits per heavy atom. The zero-order valence-electron chi connectivity index (χ0n) is 12.2. The fourth-order valence-corrected chi connectivity index (χ4v) is 1.84. The van der Waals surface area contributed by atoms with Gasteiger partial charge < -0.3 is 4.90 Å². The van der Waals surface area contributed by atoms with E-state index in [9.17, 15) is 10.1 Å². The van der Waals surface area contributed by atoms with E-state index < -0.39 is 0 Å². The molecule has 0 aliphatic carbocycles. The van der Waals surface area contributed by atoms with Gasteiger partial charge >= 0.3 is 5.69 Å². The number of anilines is 1. The number of nitro groups is 1. The molecule has 0 amide bonds. The van der Waals surface area contributed by atoms with Crippen LogP contribution in [-0.4, -0.2) is 23.0 Å². The van der Waals surface area contributed by atoms with Gasteiger partial charge in [0.2, 0.25) is 5.82 Å². The Labute approximate surface area is 114 Å². The molecule has 5 heteroatoms. The van der Waals surface area contributed by atoms with Gasteiger partial charge in [-0.25, -0.2) is 4.98 Å². The molecule has 0 unspecified atom stereocenters. The smallest absolute Gasteiger partial charge is 0.311 e. The Kier molecular flexibility index (Phi) is 5.27. The van der Waals surface area contributed by atoms with Crippen LogP contribution in [0.5, 0.6) is 0 Å². The van der Waals surface area contributed by atoms with Gasteiger partial charge in [0, 0.05) is 25.4 Å². The number of rotatable bonds is 6. The molecule has 0 aromatic carbocycles. The first kappa shape index (κ1) is 15.4. The van der Waals surface area contributed by atoms with Gasteiger partial charge in [-0.2, -0.15) is 0 Å². The number of hydrogen-bond donors (Lipinski definition) is 0. The van der Waals surface area contributed by atoms with Gasteiger partial charge in [0.05, 0.1) is 4.92 Å². The van der Waals surface area contributed by atoms with Gasteiger partial charge in [-0.3, -0.25) is 10.1 Å². The molecule has 1 aromatic rings. The molecule has 1 heterocycles. The molecular formula is C14H23N3O2. The monoisotopic (exact) mass is 265 g/mol. The highest BCUT2D eigenvalue weighted by molar-refractivity contribution is 5.57. The van der Waals surface area contributed by atoms with E-state index in [1.54, 1.807) is 12.3 Å². The van der Waals surface area contributed by atoms with Crippen LogP contribution in [0.1, 0.15) is 40.5 Å². The van der Waals surface area contributed by atoms with E-state index in [-0.39, 0.29) is 16.0 Å². The highest BCUT2D eigenvalue weighted by atomic mass is 16.6. The van der Waals surface area contributed by atoms with E-state index in [2.05, 4.69) is 32.7 Å². The minimum Gasteiger partial charge on any atom is -0.351 e. The van der Waals surface area contributed by atoms with Crippen LogP contribution in [0.3, 0.4) is 0 Å². The van der Waals surface area contributed by atoms with Gasteiger partial charge in [0.15, 0.2) is 0 Å². The number of aromatic nitrogens is 1. The SMILES string of the molecule is CCCN(CCC(C)(C)C)c1ncccc1[N+](=O)[O-]. The summed E-state index contributed by atoms with van der Waals surface area (Å²) >= 11 is 0. The van der Waals surface area contributed by atoms with Crippen molar-refractivity contribution in [1.29, 1.82) is 0 Å². The maximum absolute atomic E-state index is 11.1. The number of nitrogens with zero attached hydrogens (tertiary/aromatic N) is 3. The fraction of sp³-hybridized carbons (Fsp3) is 0.643. The summed E-state index contributed by atoms with van der Waals surface area (Å²) in [5.41, 5.74) is 0.292. The molecule has 0 spiro atoms. The topological polar surface area (TPSA) is 59.3 Å². The maximum atomic E-state index is 11.1. The molecular weight excluding hydrogens is 242 g/mol. The standard InChI is InChI=1S/C14H23N3O2/c1-5-10-16(11-8-14(2,3)4)13-12(17(18)19)7-6-9-15-13/h6-7,9H,5,8,10-11H2,1-4H3. The Morgan fingerprint density at radius 2 is 2.05 bits per heavy atom. The van der Waals surface area contributed by atoms with Crippen molar-refractivity contribution in [3.63, 3.8) is 0 Å². The summed E-state index contributed by atoms with van der Waals surface area (Å²) in [6, 6.07) is 3.12. The lowest BCUT2D eigenvalue weighted by Crippen LogP contribution is -2.29. The molecule has 0 atom stereocenters.